The van der Waals surface area contributed by atoms with Crippen LogP contribution in [0.1, 0.15) is 28.0 Å². The number of aldehydes is 1. The van der Waals surface area contributed by atoms with E-state index in [0.717, 1.165) is 6.20 Å². The average molecular weight is 201 g/mol. The van der Waals surface area contributed by atoms with Crippen molar-refractivity contribution < 1.29 is 13.6 Å². The second kappa shape index (κ2) is 4.10. The van der Waals surface area contributed by atoms with Gasteiger partial charge in [-0.2, -0.15) is 0 Å². The first-order valence-corrected chi connectivity index (χ1v) is 3.82. The van der Waals surface area contributed by atoms with Crippen LogP contribution in [0.5, 0.6) is 0 Å². The van der Waals surface area contributed by atoms with Crippen LogP contribution in [0, 0.1) is 0 Å². The number of pyridine rings is 1. The number of hydrogen-bond acceptors (Lipinski definition) is 4. The van der Waals surface area contributed by atoms with Crippen molar-refractivity contribution in [3.05, 3.63) is 23.0 Å². The SMILES string of the molecule is NCc1ncc(N)c(C=O)c1C(F)F. The molecule has 4 nitrogen and oxygen atoms in total. The molecule has 0 radical (unpaired) electrons. The number of anilines is 1. The molecule has 0 aliphatic carbocycles. The Balaban J connectivity index is 3.43. The predicted octanol–water partition coefficient (Wildman–Crippen LogP) is 0.873. The molecule has 1 aromatic rings. The lowest BCUT2D eigenvalue weighted by Gasteiger charge is -2.10. The minimum absolute atomic E-state index is 0.00343. The van der Waals surface area contributed by atoms with E-state index < -0.39 is 12.0 Å². The Morgan fingerprint density at radius 1 is 1.57 bits per heavy atom. The maximum Gasteiger partial charge on any atom is 0.266 e. The van der Waals surface area contributed by atoms with Gasteiger partial charge in [0.05, 0.1) is 23.1 Å². The van der Waals surface area contributed by atoms with E-state index in [1.807, 2.05) is 0 Å². The van der Waals surface area contributed by atoms with Crippen LogP contribution in [-0.4, -0.2) is 11.3 Å². The molecule has 0 aliphatic rings. The Morgan fingerprint density at radius 2 is 2.21 bits per heavy atom. The van der Waals surface area contributed by atoms with Gasteiger partial charge >= 0.3 is 0 Å². The van der Waals surface area contributed by atoms with Crippen LogP contribution in [0.4, 0.5) is 14.5 Å². The van der Waals surface area contributed by atoms with Gasteiger partial charge in [0.25, 0.3) is 6.43 Å². The third-order valence-electron chi connectivity index (χ3n) is 1.80. The highest BCUT2D eigenvalue weighted by molar-refractivity contribution is 5.85. The summed E-state index contributed by atoms with van der Waals surface area (Å²) in [5.74, 6) is 0. The topological polar surface area (TPSA) is 82.0 Å². The summed E-state index contributed by atoms with van der Waals surface area (Å²) in [6.45, 7) is -0.152. The molecule has 0 aromatic carbocycles. The lowest BCUT2D eigenvalue weighted by molar-refractivity contribution is 0.110. The second-order valence-electron chi connectivity index (χ2n) is 2.61. The number of nitrogens with two attached hydrogens (primary N) is 2. The summed E-state index contributed by atoms with van der Waals surface area (Å²) in [6.07, 6.45) is -1.36. The Morgan fingerprint density at radius 3 is 2.64 bits per heavy atom. The summed E-state index contributed by atoms with van der Waals surface area (Å²) in [4.78, 5) is 14.2. The maximum absolute atomic E-state index is 12.5. The largest absolute Gasteiger partial charge is 0.397 e. The number of aromatic nitrogens is 1. The van der Waals surface area contributed by atoms with Crippen molar-refractivity contribution in [2.75, 3.05) is 5.73 Å². The zero-order valence-corrected chi connectivity index (χ0v) is 7.21. The van der Waals surface area contributed by atoms with E-state index in [-0.39, 0.29) is 29.8 Å². The fourth-order valence-electron chi connectivity index (χ4n) is 1.14. The zero-order valence-electron chi connectivity index (χ0n) is 7.21. The molecule has 0 amide bonds. The van der Waals surface area contributed by atoms with Crippen molar-refractivity contribution in [1.82, 2.24) is 4.98 Å². The van der Waals surface area contributed by atoms with Crippen molar-refractivity contribution in [2.24, 2.45) is 5.73 Å². The second-order valence-corrected chi connectivity index (χ2v) is 2.61. The quantitative estimate of drug-likeness (QED) is 0.711. The van der Waals surface area contributed by atoms with Gasteiger partial charge < -0.3 is 11.5 Å². The lowest BCUT2D eigenvalue weighted by Crippen LogP contribution is -2.10. The third kappa shape index (κ3) is 1.69. The van der Waals surface area contributed by atoms with E-state index in [0.29, 0.717) is 0 Å². The van der Waals surface area contributed by atoms with Gasteiger partial charge in [-0.1, -0.05) is 0 Å². The molecule has 0 bridgehead atoms. The van der Waals surface area contributed by atoms with E-state index in [1.54, 1.807) is 0 Å². The van der Waals surface area contributed by atoms with Crippen LogP contribution >= 0.6 is 0 Å². The molecular formula is C8H9F2N3O. The van der Waals surface area contributed by atoms with Gasteiger partial charge in [-0.25, -0.2) is 8.78 Å². The van der Waals surface area contributed by atoms with Crippen LogP contribution in [0.25, 0.3) is 0 Å². The predicted molar refractivity (Wildman–Crippen MR) is 46.9 cm³/mol. The van der Waals surface area contributed by atoms with Crippen LogP contribution in [-0.2, 0) is 6.54 Å². The number of rotatable bonds is 3. The summed E-state index contributed by atoms with van der Waals surface area (Å²) in [5.41, 5.74) is 9.77. The molecule has 0 saturated heterocycles. The van der Waals surface area contributed by atoms with Gasteiger partial charge in [-0.15, -0.1) is 0 Å². The van der Waals surface area contributed by atoms with E-state index in [9.17, 15) is 13.6 Å². The average Bonchev–Trinajstić information content (AvgIpc) is 2.17. The van der Waals surface area contributed by atoms with Crippen LogP contribution in [0.2, 0.25) is 0 Å². The molecule has 1 rings (SSSR count). The minimum Gasteiger partial charge on any atom is -0.397 e. The summed E-state index contributed by atoms with van der Waals surface area (Å²) in [7, 11) is 0. The first kappa shape index (κ1) is 10.5. The first-order chi connectivity index (χ1) is 6.61. The van der Waals surface area contributed by atoms with Crippen LogP contribution < -0.4 is 11.5 Å². The summed E-state index contributed by atoms with van der Waals surface area (Å²) in [5, 5.41) is 0. The monoisotopic (exact) mass is 201 g/mol. The standard InChI is InChI=1S/C8H9F2N3O/c9-8(10)7-4(3-14)5(12)2-13-6(7)1-11/h2-3,8H,1,11-12H2. The summed E-state index contributed by atoms with van der Waals surface area (Å²) < 4.78 is 25.1. The number of alkyl halides is 2. The smallest absolute Gasteiger partial charge is 0.266 e. The van der Waals surface area contributed by atoms with E-state index in [2.05, 4.69) is 4.98 Å². The maximum atomic E-state index is 12.5. The molecule has 4 N–H and O–H groups in total. The lowest BCUT2D eigenvalue weighted by atomic mass is 10.1. The normalized spacial score (nSPS) is 10.6. The fourth-order valence-corrected chi connectivity index (χ4v) is 1.14. The number of hydrogen-bond donors (Lipinski definition) is 2. The highest BCUT2D eigenvalue weighted by Gasteiger charge is 2.20. The number of nitrogens with zero attached hydrogens (tertiary/aromatic N) is 1. The van der Waals surface area contributed by atoms with Gasteiger partial charge in [0.15, 0.2) is 6.29 Å². The molecular weight excluding hydrogens is 192 g/mol. The van der Waals surface area contributed by atoms with Gasteiger partial charge in [0, 0.05) is 12.1 Å². The minimum atomic E-state index is -2.80. The Labute approximate surface area is 78.9 Å². The number of nitrogen functional groups attached to an aromatic ring is 1. The fraction of sp³-hybridized carbons (Fsp3) is 0.250. The van der Waals surface area contributed by atoms with Crippen LogP contribution in [0.15, 0.2) is 6.20 Å². The van der Waals surface area contributed by atoms with Gasteiger partial charge in [-0.3, -0.25) is 9.78 Å². The van der Waals surface area contributed by atoms with Crippen LogP contribution in [0.3, 0.4) is 0 Å². The Kier molecular flexibility index (Phi) is 3.08. The summed E-state index contributed by atoms with van der Waals surface area (Å²) >= 11 is 0. The van der Waals surface area contributed by atoms with Gasteiger partial charge in [0.1, 0.15) is 0 Å². The Bertz CT molecular complexity index is 355. The third-order valence-corrected chi connectivity index (χ3v) is 1.80. The molecule has 0 atom stereocenters. The molecule has 14 heavy (non-hydrogen) atoms. The molecule has 0 aliphatic heterocycles. The van der Waals surface area contributed by atoms with Crippen molar-refractivity contribution in [3.63, 3.8) is 0 Å². The Hall–Kier alpha value is -1.56. The highest BCUT2D eigenvalue weighted by Crippen LogP contribution is 2.27. The number of halogens is 2. The molecule has 6 heteroatoms. The van der Waals surface area contributed by atoms with E-state index in [4.69, 9.17) is 11.5 Å². The molecule has 76 valence electrons. The van der Waals surface area contributed by atoms with Crippen molar-refractivity contribution in [1.29, 1.82) is 0 Å². The van der Waals surface area contributed by atoms with E-state index in [1.165, 1.54) is 0 Å². The molecule has 0 unspecified atom stereocenters. The number of carbonyl (C=O) groups is 1. The highest BCUT2D eigenvalue weighted by atomic mass is 19.3. The zero-order chi connectivity index (χ0) is 10.7. The van der Waals surface area contributed by atoms with Gasteiger partial charge in [0.2, 0.25) is 0 Å². The molecule has 0 spiro atoms. The van der Waals surface area contributed by atoms with Gasteiger partial charge in [-0.05, 0) is 0 Å². The molecule has 1 aromatic heterocycles. The molecule has 1 heterocycles. The number of carbonyl (C=O) groups excluding carboxylic acids is 1. The van der Waals surface area contributed by atoms with Crippen molar-refractivity contribution in [3.8, 4) is 0 Å². The van der Waals surface area contributed by atoms with E-state index >= 15 is 0 Å². The first-order valence-electron chi connectivity index (χ1n) is 3.82. The van der Waals surface area contributed by atoms with Crippen molar-refractivity contribution >= 4 is 12.0 Å². The van der Waals surface area contributed by atoms with Crippen molar-refractivity contribution in [2.45, 2.75) is 13.0 Å². The summed E-state index contributed by atoms with van der Waals surface area (Å²) in [6, 6.07) is 0. The molecule has 0 fully saturated rings. The molecule has 0 saturated carbocycles.